The lowest BCUT2D eigenvalue weighted by molar-refractivity contribution is 0.355. The van der Waals surface area contributed by atoms with Crippen molar-refractivity contribution in [1.82, 2.24) is 10.3 Å². The molecule has 0 unspecified atom stereocenters. The lowest BCUT2D eigenvalue weighted by Crippen LogP contribution is -2.30. The van der Waals surface area contributed by atoms with E-state index in [-0.39, 0.29) is 29.8 Å². The Morgan fingerprint density at radius 3 is 2.62 bits per heavy atom. The van der Waals surface area contributed by atoms with Crippen LogP contribution in [0.1, 0.15) is 12.5 Å². The first kappa shape index (κ1) is 22.8. The van der Waals surface area contributed by atoms with Gasteiger partial charge < -0.3 is 25.1 Å². The van der Waals surface area contributed by atoms with Gasteiger partial charge in [0, 0.05) is 41.9 Å². The van der Waals surface area contributed by atoms with Crippen LogP contribution in [0, 0.1) is 5.82 Å². The molecule has 3 N–H and O–H groups in total. The van der Waals surface area contributed by atoms with Gasteiger partial charge >= 0.3 is 0 Å². The fourth-order valence-corrected chi connectivity index (χ4v) is 3.01. The molecular formula is C21H26FIN4O2. The van der Waals surface area contributed by atoms with E-state index in [1.54, 1.807) is 20.3 Å². The number of aliphatic imine (C=N–C) groups is 1. The molecular weight excluding hydrogens is 486 g/mol. The van der Waals surface area contributed by atoms with Gasteiger partial charge in [-0.1, -0.05) is 0 Å². The summed E-state index contributed by atoms with van der Waals surface area (Å²) in [6.45, 7) is 3.35. The minimum atomic E-state index is -0.243. The molecule has 0 bridgehead atoms. The number of hydrogen-bond donors (Lipinski definition) is 3. The molecule has 0 saturated carbocycles. The number of methoxy groups -OCH3 is 2. The molecule has 0 radical (unpaired) electrons. The summed E-state index contributed by atoms with van der Waals surface area (Å²) in [5.41, 5.74) is 2.76. The second kappa shape index (κ2) is 10.9. The Hall–Kier alpha value is -2.49. The van der Waals surface area contributed by atoms with Crippen molar-refractivity contribution in [2.45, 2.75) is 13.3 Å². The predicted octanol–water partition coefficient (Wildman–Crippen LogP) is 4.56. The van der Waals surface area contributed by atoms with Gasteiger partial charge in [0.1, 0.15) is 5.82 Å². The summed E-state index contributed by atoms with van der Waals surface area (Å²) in [6.07, 6.45) is 2.66. The van der Waals surface area contributed by atoms with E-state index >= 15 is 0 Å². The zero-order valence-corrected chi connectivity index (χ0v) is 19.0. The maximum atomic E-state index is 13.3. The summed E-state index contributed by atoms with van der Waals surface area (Å²) in [6, 6.07) is 10.4. The lowest BCUT2D eigenvalue weighted by Gasteiger charge is -2.13. The van der Waals surface area contributed by atoms with Gasteiger partial charge in [0.05, 0.1) is 14.2 Å². The van der Waals surface area contributed by atoms with Crippen LogP contribution in [0.5, 0.6) is 11.5 Å². The van der Waals surface area contributed by atoms with Crippen LogP contribution >= 0.6 is 24.0 Å². The highest BCUT2D eigenvalue weighted by Crippen LogP contribution is 2.29. The second-order valence-corrected chi connectivity index (χ2v) is 6.21. The predicted molar refractivity (Wildman–Crippen MR) is 127 cm³/mol. The third-order valence-corrected chi connectivity index (χ3v) is 4.37. The fraction of sp³-hybridized carbons (Fsp3) is 0.286. The van der Waals surface area contributed by atoms with Gasteiger partial charge in [-0.15, -0.1) is 24.0 Å². The van der Waals surface area contributed by atoms with Crippen molar-refractivity contribution < 1.29 is 13.9 Å². The Kier molecular flexibility index (Phi) is 8.56. The zero-order valence-electron chi connectivity index (χ0n) is 16.7. The van der Waals surface area contributed by atoms with E-state index in [9.17, 15) is 4.39 Å². The van der Waals surface area contributed by atoms with E-state index in [0.29, 0.717) is 24.0 Å². The van der Waals surface area contributed by atoms with Crippen molar-refractivity contribution >= 4 is 46.5 Å². The first-order valence-corrected chi connectivity index (χ1v) is 9.17. The largest absolute Gasteiger partial charge is 0.493 e. The van der Waals surface area contributed by atoms with Crippen molar-refractivity contribution in [3.63, 3.8) is 0 Å². The van der Waals surface area contributed by atoms with Gasteiger partial charge in [0.25, 0.3) is 0 Å². The number of anilines is 1. The van der Waals surface area contributed by atoms with E-state index < -0.39 is 0 Å². The monoisotopic (exact) mass is 512 g/mol. The molecule has 0 aliphatic rings. The molecule has 6 nitrogen and oxygen atoms in total. The Morgan fingerprint density at radius 1 is 1.10 bits per heavy atom. The number of aromatic nitrogens is 1. The molecule has 0 spiro atoms. The molecule has 8 heteroatoms. The highest BCUT2D eigenvalue weighted by atomic mass is 127. The van der Waals surface area contributed by atoms with E-state index in [0.717, 1.165) is 35.1 Å². The van der Waals surface area contributed by atoms with Gasteiger partial charge in [-0.2, -0.15) is 0 Å². The summed E-state index contributed by atoms with van der Waals surface area (Å²) in [5, 5.41) is 7.53. The molecule has 3 rings (SSSR count). The summed E-state index contributed by atoms with van der Waals surface area (Å²) in [5.74, 6) is 1.76. The third-order valence-electron chi connectivity index (χ3n) is 4.37. The molecule has 156 valence electrons. The van der Waals surface area contributed by atoms with E-state index in [4.69, 9.17) is 9.47 Å². The maximum absolute atomic E-state index is 13.3. The quantitative estimate of drug-likeness (QED) is 0.247. The third kappa shape index (κ3) is 5.75. The minimum Gasteiger partial charge on any atom is -0.493 e. The molecule has 1 heterocycles. The van der Waals surface area contributed by atoms with Gasteiger partial charge in [-0.3, -0.25) is 4.99 Å². The average Bonchev–Trinajstić information content (AvgIpc) is 3.10. The van der Waals surface area contributed by atoms with Crippen LogP contribution in [0.25, 0.3) is 10.9 Å². The van der Waals surface area contributed by atoms with Crippen LogP contribution in [0.4, 0.5) is 10.1 Å². The van der Waals surface area contributed by atoms with Crippen LogP contribution < -0.4 is 20.1 Å². The molecule has 3 aromatic rings. The highest BCUT2D eigenvalue weighted by molar-refractivity contribution is 14.0. The maximum Gasteiger partial charge on any atom is 0.195 e. The zero-order chi connectivity index (χ0) is 19.9. The Bertz CT molecular complexity index is 974. The topological polar surface area (TPSA) is 70.7 Å². The van der Waals surface area contributed by atoms with Crippen molar-refractivity contribution in [3.8, 4) is 11.5 Å². The Morgan fingerprint density at radius 2 is 1.90 bits per heavy atom. The molecule has 0 atom stereocenters. The second-order valence-electron chi connectivity index (χ2n) is 6.21. The van der Waals surface area contributed by atoms with Crippen LogP contribution in [0.15, 0.2) is 47.6 Å². The average molecular weight is 512 g/mol. The van der Waals surface area contributed by atoms with Crippen molar-refractivity contribution in [2.75, 3.05) is 32.6 Å². The van der Waals surface area contributed by atoms with E-state index in [2.05, 4.69) is 20.6 Å². The van der Waals surface area contributed by atoms with E-state index in [1.165, 1.54) is 12.1 Å². The van der Waals surface area contributed by atoms with Gasteiger partial charge in [0.2, 0.25) is 0 Å². The molecule has 0 aliphatic heterocycles. The smallest absolute Gasteiger partial charge is 0.195 e. The van der Waals surface area contributed by atoms with Crippen LogP contribution in [0.2, 0.25) is 0 Å². The normalized spacial score (nSPS) is 11.1. The van der Waals surface area contributed by atoms with Gasteiger partial charge in [-0.25, -0.2) is 4.39 Å². The summed E-state index contributed by atoms with van der Waals surface area (Å²) in [7, 11) is 3.21. The van der Waals surface area contributed by atoms with Gasteiger partial charge in [0.15, 0.2) is 17.5 Å². The number of fused-ring (bicyclic) bond motifs is 1. The van der Waals surface area contributed by atoms with Crippen LogP contribution in [0.3, 0.4) is 0 Å². The molecule has 29 heavy (non-hydrogen) atoms. The fourth-order valence-electron chi connectivity index (χ4n) is 3.01. The number of nitrogens with one attached hydrogen (secondary N) is 3. The van der Waals surface area contributed by atoms with Crippen molar-refractivity contribution in [1.29, 1.82) is 0 Å². The number of H-pyrrole nitrogens is 1. The Balaban J connectivity index is 0.00000300. The van der Waals surface area contributed by atoms with E-state index in [1.807, 2.05) is 31.3 Å². The summed E-state index contributed by atoms with van der Waals surface area (Å²) < 4.78 is 23.9. The number of aromatic amines is 1. The first-order chi connectivity index (χ1) is 13.6. The van der Waals surface area contributed by atoms with Crippen LogP contribution in [-0.4, -0.2) is 38.3 Å². The Labute approximate surface area is 186 Å². The molecule has 2 aromatic carbocycles. The number of hydrogen-bond acceptors (Lipinski definition) is 3. The first-order valence-electron chi connectivity index (χ1n) is 9.17. The number of rotatable bonds is 7. The number of nitrogens with zero attached hydrogens (tertiary/aromatic N) is 1. The van der Waals surface area contributed by atoms with Crippen LogP contribution in [-0.2, 0) is 6.42 Å². The highest BCUT2D eigenvalue weighted by Gasteiger charge is 2.07. The summed E-state index contributed by atoms with van der Waals surface area (Å²) >= 11 is 0. The molecule has 0 fully saturated rings. The lowest BCUT2D eigenvalue weighted by atomic mass is 10.1. The van der Waals surface area contributed by atoms with Crippen molar-refractivity contribution in [3.05, 3.63) is 54.0 Å². The SMILES string of the molecule is CCNC(=NCCc1c[nH]c2cc(F)ccc12)Nc1ccc(OC)c(OC)c1.I. The standard InChI is InChI=1S/C21H25FN4O2.HI/c1-4-23-21(26-16-6-8-19(27-2)20(12-16)28-3)24-10-9-14-13-25-18-11-15(22)5-7-17(14)18;/h5-8,11-13,25H,4,9-10H2,1-3H3,(H2,23,24,26);1H. The number of guanidine groups is 1. The molecule has 0 saturated heterocycles. The summed E-state index contributed by atoms with van der Waals surface area (Å²) in [4.78, 5) is 7.75. The van der Waals surface area contributed by atoms with Crippen molar-refractivity contribution in [2.24, 2.45) is 4.99 Å². The van der Waals surface area contributed by atoms with Gasteiger partial charge in [-0.05, 0) is 49.2 Å². The number of ether oxygens (including phenoxy) is 2. The number of benzene rings is 2. The molecule has 0 aliphatic carbocycles. The molecule has 0 amide bonds. The molecule has 1 aromatic heterocycles. The minimum absolute atomic E-state index is 0. The number of halogens is 2.